The van der Waals surface area contributed by atoms with E-state index in [0.29, 0.717) is 25.7 Å². The van der Waals surface area contributed by atoms with Crippen molar-refractivity contribution < 1.29 is 19.9 Å². The van der Waals surface area contributed by atoms with Gasteiger partial charge in [0.1, 0.15) is 0 Å². The first-order valence-electron chi connectivity index (χ1n) is 10.2. The molecule has 0 amide bonds. The lowest BCUT2D eigenvalue weighted by molar-refractivity contribution is -0.142. The van der Waals surface area contributed by atoms with E-state index in [0.717, 1.165) is 25.3 Å². The summed E-state index contributed by atoms with van der Waals surface area (Å²) in [7, 11) is -1.31. The SMILES string of the molecule is O=C(O)[C@@H]1CN(CCNc2ccc(-c3ccccc3)cc2)C[C@@H]1CCCB(O)O. The summed E-state index contributed by atoms with van der Waals surface area (Å²) in [5.74, 6) is -1.07. The third-order valence-corrected chi connectivity index (χ3v) is 5.62. The molecule has 1 heterocycles. The molecular weight excluding hydrogens is 367 g/mol. The van der Waals surface area contributed by atoms with Gasteiger partial charge < -0.3 is 25.4 Å². The van der Waals surface area contributed by atoms with E-state index in [2.05, 4.69) is 46.6 Å². The minimum Gasteiger partial charge on any atom is -0.481 e. The predicted octanol–water partition coefficient (Wildman–Crippen LogP) is 2.65. The first-order chi connectivity index (χ1) is 14.0. The Hall–Kier alpha value is -2.35. The van der Waals surface area contributed by atoms with Crippen molar-refractivity contribution >= 4 is 18.8 Å². The molecule has 0 radical (unpaired) electrons. The maximum Gasteiger partial charge on any atom is 0.451 e. The van der Waals surface area contributed by atoms with Gasteiger partial charge in [0, 0.05) is 31.9 Å². The summed E-state index contributed by atoms with van der Waals surface area (Å²) in [5, 5.41) is 30.9. The molecule has 7 heteroatoms. The molecule has 0 unspecified atom stereocenters. The molecule has 2 aromatic carbocycles. The third-order valence-electron chi connectivity index (χ3n) is 5.62. The van der Waals surface area contributed by atoms with Crippen LogP contribution in [0.5, 0.6) is 0 Å². The molecule has 0 spiro atoms. The van der Waals surface area contributed by atoms with Crippen LogP contribution in [-0.4, -0.2) is 59.3 Å². The van der Waals surface area contributed by atoms with E-state index in [9.17, 15) is 9.90 Å². The number of hydrogen-bond acceptors (Lipinski definition) is 5. The Morgan fingerprint density at radius 2 is 1.72 bits per heavy atom. The molecule has 0 bridgehead atoms. The van der Waals surface area contributed by atoms with Crippen LogP contribution in [0.25, 0.3) is 11.1 Å². The molecule has 0 saturated carbocycles. The molecule has 2 aromatic rings. The first kappa shape index (κ1) is 21.4. The fourth-order valence-electron chi connectivity index (χ4n) is 4.05. The van der Waals surface area contributed by atoms with Crippen molar-refractivity contribution in [3.8, 4) is 11.1 Å². The lowest BCUT2D eigenvalue weighted by Crippen LogP contribution is -2.28. The van der Waals surface area contributed by atoms with Gasteiger partial charge in [0.25, 0.3) is 0 Å². The molecule has 1 aliphatic rings. The van der Waals surface area contributed by atoms with Gasteiger partial charge in [-0.2, -0.15) is 0 Å². The minimum atomic E-state index is -1.31. The Morgan fingerprint density at radius 3 is 2.38 bits per heavy atom. The monoisotopic (exact) mass is 396 g/mol. The molecule has 1 fully saturated rings. The van der Waals surface area contributed by atoms with E-state index in [1.54, 1.807) is 0 Å². The molecule has 6 nitrogen and oxygen atoms in total. The molecule has 2 atom stereocenters. The van der Waals surface area contributed by atoms with Gasteiger partial charge in [0.05, 0.1) is 5.92 Å². The standard InChI is InChI=1S/C22H29BN2O4/c26-22(27)21-16-25(15-19(21)7-4-12-23(28)29)14-13-24-20-10-8-18(9-11-20)17-5-2-1-3-6-17/h1-3,5-6,8-11,19,21,24,28-29H,4,7,12-16H2,(H,26,27)/t19-,21+/m0/s1. The molecule has 1 aliphatic heterocycles. The zero-order valence-electron chi connectivity index (χ0n) is 16.6. The number of aliphatic carboxylic acids is 1. The zero-order valence-corrected chi connectivity index (χ0v) is 16.6. The quantitative estimate of drug-likeness (QED) is 0.462. The highest BCUT2D eigenvalue weighted by Gasteiger charge is 2.36. The van der Waals surface area contributed by atoms with Gasteiger partial charge in [-0.15, -0.1) is 0 Å². The highest BCUT2D eigenvalue weighted by Crippen LogP contribution is 2.28. The summed E-state index contributed by atoms with van der Waals surface area (Å²) in [6.45, 7) is 2.83. The third kappa shape index (κ3) is 6.32. The van der Waals surface area contributed by atoms with Gasteiger partial charge in [-0.05, 0) is 41.9 Å². The van der Waals surface area contributed by atoms with Crippen LogP contribution in [0.4, 0.5) is 5.69 Å². The topological polar surface area (TPSA) is 93.0 Å². The summed E-state index contributed by atoms with van der Waals surface area (Å²) in [6, 6.07) is 18.6. The molecule has 0 aliphatic carbocycles. The minimum absolute atomic E-state index is 0.0661. The van der Waals surface area contributed by atoms with Gasteiger partial charge in [-0.1, -0.05) is 48.9 Å². The average Bonchev–Trinajstić information content (AvgIpc) is 3.12. The summed E-state index contributed by atoms with van der Waals surface area (Å²) in [4.78, 5) is 13.7. The number of carbonyl (C=O) groups is 1. The van der Waals surface area contributed by atoms with E-state index in [1.807, 2.05) is 18.2 Å². The predicted molar refractivity (Wildman–Crippen MR) is 116 cm³/mol. The van der Waals surface area contributed by atoms with Gasteiger partial charge >= 0.3 is 13.1 Å². The maximum absolute atomic E-state index is 11.6. The van der Waals surface area contributed by atoms with Gasteiger partial charge in [0.2, 0.25) is 0 Å². The normalized spacial score (nSPS) is 19.2. The number of anilines is 1. The molecule has 154 valence electrons. The van der Waals surface area contributed by atoms with Crippen LogP contribution >= 0.6 is 0 Å². The van der Waals surface area contributed by atoms with Crippen molar-refractivity contribution in [3.63, 3.8) is 0 Å². The number of hydrogen-bond donors (Lipinski definition) is 4. The van der Waals surface area contributed by atoms with Crippen molar-refractivity contribution in [3.05, 3.63) is 54.6 Å². The Bertz CT molecular complexity index is 770. The summed E-state index contributed by atoms with van der Waals surface area (Å²) >= 11 is 0. The second kappa shape index (κ2) is 10.4. The van der Waals surface area contributed by atoms with Crippen LogP contribution in [-0.2, 0) is 4.79 Å². The number of likely N-dealkylation sites (tertiary alicyclic amines) is 1. The molecule has 1 saturated heterocycles. The molecule has 29 heavy (non-hydrogen) atoms. The molecular formula is C22H29BN2O4. The van der Waals surface area contributed by atoms with Crippen molar-refractivity contribution in [2.45, 2.75) is 19.2 Å². The maximum atomic E-state index is 11.6. The van der Waals surface area contributed by atoms with Crippen LogP contribution in [0.2, 0.25) is 6.32 Å². The smallest absolute Gasteiger partial charge is 0.451 e. The lowest BCUT2D eigenvalue weighted by atomic mass is 9.80. The number of carboxylic acids is 1. The van der Waals surface area contributed by atoms with Crippen molar-refractivity contribution in [2.75, 3.05) is 31.5 Å². The Labute approximate surface area is 172 Å². The van der Waals surface area contributed by atoms with E-state index >= 15 is 0 Å². The second-order valence-corrected chi connectivity index (χ2v) is 7.75. The van der Waals surface area contributed by atoms with Gasteiger partial charge in [-0.3, -0.25) is 4.79 Å². The van der Waals surface area contributed by atoms with Crippen LogP contribution in [0.3, 0.4) is 0 Å². The second-order valence-electron chi connectivity index (χ2n) is 7.75. The van der Waals surface area contributed by atoms with Crippen molar-refractivity contribution in [1.82, 2.24) is 4.90 Å². The van der Waals surface area contributed by atoms with Crippen LogP contribution in [0.1, 0.15) is 12.8 Å². The first-order valence-corrected chi connectivity index (χ1v) is 10.2. The van der Waals surface area contributed by atoms with E-state index in [4.69, 9.17) is 10.0 Å². The average molecular weight is 396 g/mol. The highest BCUT2D eigenvalue weighted by molar-refractivity contribution is 6.40. The zero-order chi connectivity index (χ0) is 20.6. The van der Waals surface area contributed by atoms with E-state index in [-0.39, 0.29) is 11.8 Å². The van der Waals surface area contributed by atoms with Crippen LogP contribution in [0.15, 0.2) is 54.6 Å². The molecule has 0 aromatic heterocycles. The number of benzene rings is 2. The van der Waals surface area contributed by atoms with Gasteiger partial charge in [0.15, 0.2) is 0 Å². The number of carboxylic acid groups (broad SMARTS) is 1. The molecule has 4 N–H and O–H groups in total. The van der Waals surface area contributed by atoms with Crippen LogP contribution in [0, 0.1) is 11.8 Å². The van der Waals surface area contributed by atoms with E-state index < -0.39 is 13.1 Å². The van der Waals surface area contributed by atoms with Gasteiger partial charge in [-0.25, -0.2) is 0 Å². The van der Waals surface area contributed by atoms with Crippen molar-refractivity contribution in [2.24, 2.45) is 11.8 Å². The number of nitrogens with zero attached hydrogens (tertiary/aromatic N) is 1. The van der Waals surface area contributed by atoms with Crippen molar-refractivity contribution in [1.29, 1.82) is 0 Å². The Morgan fingerprint density at radius 1 is 1.03 bits per heavy atom. The van der Waals surface area contributed by atoms with E-state index in [1.165, 1.54) is 11.1 Å². The fourth-order valence-corrected chi connectivity index (χ4v) is 4.05. The summed E-state index contributed by atoms with van der Waals surface area (Å²) in [5.41, 5.74) is 3.42. The Kier molecular flexibility index (Phi) is 7.69. The summed E-state index contributed by atoms with van der Waals surface area (Å²) in [6.07, 6.45) is 1.63. The fraction of sp³-hybridized carbons (Fsp3) is 0.409. The molecule has 3 rings (SSSR count). The number of rotatable bonds is 10. The summed E-state index contributed by atoms with van der Waals surface area (Å²) < 4.78 is 0. The lowest BCUT2D eigenvalue weighted by Gasteiger charge is -2.17. The number of nitrogens with one attached hydrogen (secondary N) is 1. The largest absolute Gasteiger partial charge is 0.481 e. The van der Waals surface area contributed by atoms with Crippen LogP contribution < -0.4 is 5.32 Å². The Balaban J connectivity index is 1.45. The highest BCUT2D eigenvalue weighted by atomic mass is 16.4.